The molecular formula is C11H21N. The van der Waals surface area contributed by atoms with Gasteiger partial charge in [-0.15, -0.1) is 0 Å². The molecule has 1 heteroatoms. The van der Waals surface area contributed by atoms with Crippen molar-refractivity contribution in [2.75, 3.05) is 13.1 Å². The third-order valence-electron chi connectivity index (χ3n) is 4.19. The molecule has 0 radical (unpaired) electrons. The highest BCUT2D eigenvalue weighted by Crippen LogP contribution is 2.47. The summed E-state index contributed by atoms with van der Waals surface area (Å²) >= 11 is 0. The third kappa shape index (κ3) is 1.10. The second kappa shape index (κ2) is 2.73. The van der Waals surface area contributed by atoms with Gasteiger partial charge in [0.05, 0.1) is 0 Å². The van der Waals surface area contributed by atoms with Gasteiger partial charge in [-0.2, -0.15) is 0 Å². The quantitative estimate of drug-likeness (QED) is 0.580. The zero-order valence-electron chi connectivity index (χ0n) is 8.64. The number of rotatable bonds is 1. The molecule has 2 fully saturated rings. The van der Waals surface area contributed by atoms with Crippen LogP contribution in [0.3, 0.4) is 0 Å². The van der Waals surface area contributed by atoms with Gasteiger partial charge in [0.1, 0.15) is 0 Å². The Bertz CT molecular complexity index is 172. The molecule has 2 rings (SSSR count). The van der Waals surface area contributed by atoms with Crippen LogP contribution < -0.4 is 0 Å². The molecule has 2 saturated heterocycles. The first-order valence-electron chi connectivity index (χ1n) is 5.38. The lowest BCUT2D eigenvalue weighted by atomic mass is 9.71. The first-order valence-corrected chi connectivity index (χ1v) is 5.38. The molecule has 12 heavy (non-hydrogen) atoms. The van der Waals surface area contributed by atoms with Gasteiger partial charge >= 0.3 is 0 Å². The van der Waals surface area contributed by atoms with Gasteiger partial charge in [-0.25, -0.2) is 0 Å². The maximum atomic E-state index is 2.68. The average Bonchev–Trinajstić information content (AvgIpc) is 2.25. The van der Waals surface area contributed by atoms with Crippen molar-refractivity contribution in [1.82, 2.24) is 4.90 Å². The number of nitrogens with zero attached hydrogens (tertiary/aromatic N) is 1. The van der Waals surface area contributed by atoms with Gasteiger partial charge in [0.2, 0.25) is 0 Å². The van der Waals surface area contributed by atoms with Crippen molar-refractivity contribution in [3.8, 4) is 0 Å². The molecule has 3 unspecified atom stereocenters. The lowest BCUT2D eigenvalue weighted by molar-refractivity contribution is 0.124. The molecule has 0 aromatic carbocycles. The van der Waals surface area contributed by atoms with E-state index in [1.165, 1.54) is 32.4 Å². The molecule has 0 spiro atoms. The predicted octanol–water partition coefficient (Wildman–Crippen LogP) is 2.52. The van der Waals surface area contributed by atoms with E-state index in [1.54, 1.807) is 0 Å². The van der Waals surface area contributed by atoms with Gasteiger partial charge in [-0.05, 0) is 44.1 Å². The Morgan fingerprint density at radius 2 is 2.17 bits per heavy atom. The summed E-state index contributed by atoms with van der Waals surface area (Å²) in [4.78, 5) is 2.68. The Morgan fingerprint density at radius 3 is 2.75 bits per heavy atom. The van der Waals surface area contributed by atoms with Crippen molar-refractivity contribution in [2.45, 2.75) is 46.1 Å². The van der Waals surface area contributed by atoms with Crippen LogP contribution in [0.15, 0.2) is 0 Å². The monoisotopic (exact) mass is 167 g/mol. The minimum atomic E-state index is 0.692. The van der Waals surface area contributed by atoms with Crippen molar-refractivity contribution in [3.05, 3.63) is 0 Å². The van der Waals surface area contributed by atoms with Gasteiger partial charge in [0.25, 0.3) is 0 Å². The van der Waals surface area contributed by atoms with Gasteiger partial charge in [0.15, 0.2) is 0 Å². The molecule has 0 amide bonds. The maximum absolute atomic E-state index is 2.68. The molecule has 0 aromatic rings. The van der Waals surface area contributed by atoms with Crippen molar-refractivity contribution >= 4 is 0 Å². The number of hydrogen-bond donors (Lipinski definition) is 0. The fourth-order valence-electron chi connectivity index (χ4n) is 3.16. The van der Waals surface area contributed by atoms with Crippen LogP contribution >= 0.6 is 0 Å². The molecular weight excluding hydrogens is 146 g/mol. The Hall–Kier alpha value is -0.0400. The molecule has 2 aliphatic heterocycles. The molecule has 2 aliphatic rings. The summed E-state index contributed by atoms with van der Waals surface area (Å²) in [6.45, 7) is 9.94. The zero-order chi connectivity index (χ0) is 8.77. The van der Waals surface area contributed by atoms with Gasteiger partial charge in [-0.1, -0.05) is 13.8 Å². The second-order valence-electron chi connectivity index (χ2n) is 5.14. The minimum Gasteiger partial charge on any atom is -0.300 e. The highest BCUT2D eigenvalue weighted by atomic mass is 15.2. The molecule has 3 atom stereocenters. The molecule has 70 valence electrons. The van der Waals surface area contributed by atoms with Crippen LogP contribution in [0.5, 0.6) is 0 Å². The summed E-state index contributed by atoms with van der Waals surface area (Å²) < 4.78 is 0. The SMILES string of the molecule is CC1CC2(C(C)C)CCCN1C2. The summed E-state index contributed by atoms with van der Waals surface area (Å²) in [6, 6.07) is 0.856. The Balaban J connectivity index is 2.17. The largest absolute Gasteiger partial charge is 0.300 e. The summed E-state index contributed by atoms with van der Waals surface area (Å²) in [5.74, 6) is 0.880. The van der Waals surface area contributed by atoms with Gasteiger partial charge in [0, 0.05) is 12.6 Å². The third-order valence-corrected chi connectivity index (χ3v) is 4.19. The molecule has 0 aromatic heterocycles. The minimum absolute atomic E-state index is 0.692. The molecule has 0 saturated carbocycles. The van der Waals surface area contributed by atoms with E-state index < -0.39 is 0 Å². The van der Waals surface area contributed by atoms with Crippen molar-refractivity contribution < 1.29 is 0 Å². The lowest BCUT2D eigenvalue weighted by Gasteiger charge is -2.37. The first kappa shape index (κ1) is 8.55. The van der Waals surface area contributed by atoms with E-state index >= 15 is 0 Å². The standard InChI is InChI=1S/C11H21N/c1-9(2)11-5-4-6-12(8-11)10(3)7-11/h9-10H,4-8H2,1-3H3. The van der Waals surface area contributed by atoms with E-state index in [2.05, 4.69) is 25.7 Å². The first-order chi connectivity index (χ1) is 5.64. The topological polar surface area (TPSA) is 3.24 Å². The lowest BCUT2D eigenvalue weighted by Crippen LogP contribution is -2.37. The van der Waals surface area contributed by atoms with E-state index in [9.17, 15) is 0 Å². The highest BCUT2D eigenvalue weighted by Gasteiger charge is 2.46. The maximum Gasteiger partial charge on any atom is 0.00730 e. The van der Waals surface area contributed by atoms with Crippen LogP contribution in [0.1, 0.15) is 40.0 Å². The van der Waals surface area contributed by atoms with Crippen LogP contribution in [0.25, 0.3) is 0 Å². The smallest absolute Gasteiger partial charge is 0.00730 e. The zero-order valence-corrected chi connectivity index (χ0v) is 8.64. The van der Waals surface area contributed by atoms with Gasteiger partial charge in [-0.3, -0.25) is 0 Å². The van der Waals surface area contributed by atoms with E-state index in [4.69, 9.17) is 0 Å². The van der Waals surface area contributed by atoms with E-state index in [-0.39, 0.29) is 0 Å². The van der Waals surface area contributed by atoms with Crippen LogP contribution in [-0.4, -0.2) is 24.0 Å². The van der Waals surface area contributed by atoms with Crippen LogP contribution in [0.2, 0.25) is 0 Å². The average molecular weight is 167 g/mol. The number of piperidine rings is 1. The highest BCUT2D eigenvalue weighted by molar-refractivity contribution is 4.99. The van der Waals surface area contributed by atoms with E-state index in [0.29, 0.717) is 5.41 Å². The molecule has 2 heterocycles. The van der Waals surface area contributed by atoms with Crippen LogP contribution in [-0.2, 0) is 0 Å². The van der Waals surface area contributed by atoms with Gasteiger partial charge < -0.3 is 4.90 Å². The normalized spacial score (nSPS) is 47.0. The van der Waals surface area contributed by atoms with Crippen LogP contribution in [0, 0.1) is 11.3 Å². The molecule has 1 nitrogen and oxygen atoms in total. The van der Waals surface area contributed by atoms with Crippen molar-refractivity contribution in [1.29, 1.82) is 0 Å². The Morgan fingerprint density at radius 1 is 1.42 bits per heavy atom. The molecule has 0 N–H and O–H groups in total. The molecule has 0 aliphatic carbocycles. The summed E-state index contributed by atoms with van der Waals surface area (Å²) in [5, 5.41) is 0. The molecule has 2 bridgehead atoms. The number of fused-ring (bicyclic) bond motifs is 2. The fraction of sp³-hybridized carbons (Fsp3) is 1.00. The van der Waals surface area contributed by atoms with Crippen molar-refractivity contribution in [2.24, 2.45) is 11.3 Å². The van der Waals surface area contributed by atoms with E-state index in [0.717, 1.165) is 12.0 Å². The Labute approximate surface area is 76.1 Å². The van der Waals surface area contributed by atoms with Crippen molar-refractivity contribution in [3.63, 3.8) is 0 Å². The predicted molar refractivity (Wildman–Crippen MR) is 52.2 cm³/mol. The second-order valence-corrected chi connectivity index (χ2v) is 5.14. The summed E-state index contributed by atoms with van der Waals surface area (Å²) in [6.07, 6.45) is 4.36. The summed E-state index contributed by atoms with van der Waals surface area (Å²) in [5.41, 5.74) is 0.692. The fourth-order valence-corrected chi connectivity index (χ4v) is 3.16. The number of hydrogen-bond acceptors (Lipinski definition) is 1. The van der Waals surface area contributed by atoms with Crippen LogP contribution in [0.4, 0.5) is 0 Å². The Kier molecular flexibility index (Phi) is 1.95. The summed E-state index contributed by atoms with van der Waals surface area (Å²) in [7, 11) is 0. The van der Waals surface area contributed by atoms with E-state index in [1.807, 2.05) is 0 Å².